The van der Waals surface area contributed by atoms with Crippen LogP contribution in [0.25, 0.3) is 11.6 Å². The van der Waals surface area contributed by atoms with Crippen LogP contribution >= 0.6 is 0 Å². The molecule has 0 saturated carbocycles. The normalized spacial score (nSPS) is 22.9. The molecule has 4 heterocycles. The van der Waals surface area contributed by atoms with Crippen molar-refractivity contribution in [1.82, 2.24) is 24.9 Å². The van der Waals surface area contributed by atoms with Gasteiger partial charge in [-0.05, 0) is 45.7 Å². The van der Waals surface area contributed by atoms with Crippen LogP contribution in [0.15, 0.2) is 28.9 Å². The van der Waals surface area contributed by atoms with Crippen LogP contribution in [0, 0.1) is 5.92 Å². The summed E-state index contributed by atoms with van der Waals surface area (Å²) in [6, 6.07) is 5.53. The fourth-order valence-corrected chi connectivity index (χ4v) is 4.16. The van der Waals surface area contributed by atoms with Crippen molar-refractivity contribution >= 4 is 11.8 Å². The molecular formula is C21H27N5O3. The largest absolute Gasteiger partial charge is 0.342 e. The maximum atomic E-state index is 13.1. The van der Waals surface area contributed by atoms with Crippen molar-refractivity contribution in [3.05, 3.63) is 30.2 Å². The molecule has 2 aliphatic heterocycles. The Morgan fingerprint density at radius 1 is 1.24 bits per heavy atom. The molecule has 2 saturated heterocycles. The number of likely N-dealkylation sites (tertiary alicyclic amines) is 2. The molecule has 2 unspecified atom stereocenters. The average Bonchev–Trinajstić information content (AvgIpc) is 3.35. The maximum Gasteiger partial charge on any atom is 0.276 e. The number of aromatic nitrogens is 3. The third kappa shape index (κ3) is 4.02. The van der Waals surface area contributed by atoms with Gasteiger partial charge in [0.05, 0.1) is 5.92 Å². The smallest absolute Gasteiger partial charge is 0.276 e. The van der Waals surface area contributed by atoms with Gasteiger partial charge in [-0.1, -0.05) is 11.2 Å². The summed E-state index contributed by atoms with van der Waals surface area (Å²) < 4.78 is 5.39. The molecule has 0 aliphatic carbocycles. The van der Waals surface area contributed by atoms with Crippen molar-refractivity contribution < 1.29 is 14.1 Å². The first-order chi connectivity index (χ1) is 13.8. The number of rotatable bonds is 3. The number of hydrogen-bond acceptors (Lipinski definition) is 6. The Bertz CT molecular complexity index is 889. The third-order valence-electron chi connectivity index (χ3n) is 5.71. The zero-order valence-corrected chi connectivity index (χ0v) is 17.2. The first-order valence-corrected chi connectivity index (χ1v) is 10.2. The van der Waals surface area contributed by atoms with E-state index in [-0.39, 0.29) is 29.2 Å². The minimum atomic E-state index is -0.269. The Labute approximate surface area is 170 Å². The lowest BCUT2D eigenvalue weighted by atomic mass is 9.95. The molecule has 0 bridgehead atoms. The molecule has 8 heteroatoms. The highest BCUT2D eigenvalue weighted by Crippen LogP contribution is 2.31. The van der Waals surface area contributed by atoms with Crippen LogP contribution in [-0.4, -0.2) is 61.9 Å². The fraction of sp³-hybridized carbons (Fsp3) is 0.571. The van der Waals surface area contributed by atoms with Gasteiger partial charge in [0.1, 0.15) is 5.69 Å². The second kappa shape index (κ2) is 7.57. The number of piperidine rings is 1. The fourth-order valence-electron chi connectivity index (χ4n) is 4.16. The highest BCUT2D eigenvalue weighted by atomic mass is 16.5. The van der Waals surface area contributed by atoms with Crippen molar-refractivity contribution in [3.8, 4) is 11.6 Å². The van der Waals surface area contributed by atoms with Gasteiger partial charge in [-0.3, -0.25) is 14.6 Å². The van der Waals surface area contributed by atoms with Gasteiger partial charge in [-0.2, -0.15) is 4.98 Å². The maximum absolute atomic E-state index is 13.1. The van der Waals surface area contributed by atoms with Crippen molar-refractivity contribution in [2.24, 2.45) is 5.92 Å². The Morgan fingerprint density at radius 3 is 2.76 bits per heavy atom. The highest BCUT2D eigenvalue weighted by Gasteiger charge is 2.41. The topological polar surface area (TPSA) is 92.4 Å². The van der Waals surface area contributed by atoms with Crippen molar-refractivity contribution in [3.63, 3.8) is 0 Å². The van der Waals surface area contributed by atoms with Gasteiger partial charge in [-0.15, -0.1) is 0 Å². The van der Waals surface area contributed by atoms with Crippen LogP contribution in [0.3, 0.4) is 0 Å². The molecule has 0 spiro atoms. The summed E-state index contributed by atoms with van der Waals surface area (Å²) in [4.78, 5) is 37.9. The summed E-state index contributed by atoms with van der Waals surface area (Å²) in [5.41, 5.74) is 0.380. The Hall–Kier alpha value is -2.77. The summed E-state index contributed by atoms with van der Waals surface area (Å²) >= 11 is 0. The molecule has 2 atom stereocenters. The van der Waals surface area contributed by atoms with E-state index in [2.05, 4.69) is 15.1 Å². The molecular weight excluding hydrogens is 370 g/mol. The van der Waals surface area contributed by atoms with Crippen LogP contribution in [0.2, 0.25) is 0 Å². The Balaban J connectivity index is 1.43. The molecule has 0 N–H and O–H groups in total. The van der Waals surface area contributed by atoms with Crippen molar-refractivity contribution in [1.29, 1.82) is 0 Å². The van der Waals surface area contributed by atoms with Crippen LogP contribution in [-0.2, 0) is 9.59 Å². The zero-order chi connectivity index (χ0) is 20.6. The second-order valence-electron chi connectivity index (χ2n) is 8.87. The molecule has 4 rings (SSSR count). The summed E-state index contributed by atoms with van der Waals surface area (Å²) in [6.07, 6.45) is 3.77. The first kappa shape index (κ1) is 19.5. The van der Waals surface area contributed by atoms with Gasteiger partial charge in [0.25, 0.3) is 5.89 Å². The zero-order valence-electron chi connectivity index (χ0n) is 17.2. The van der Waals surface area contributed by atoms with Crippen LogP contribution < -0.4 is 0 Å². The molecule has 2 amide bonds. The Kier molecular flexibility index (Phi) is 5.10. The van der Waals surface area contributed by atoms with E-state index in [1.54, 1.807) is 6.20 Å². The van der Waals surface area contributed by atoms with E-state index in [1.165, 1.54) is 0 Å². The van der Waals surface area contributed by atoms with E-state index in [0.717, 1.165) is 12.8 Å². The molecule has 2 aromatic rings. The summed E-state index contributed by atoms with van der Waals surface area (Å²) in [6.45, 7) is 7.77. The number of hydrogen-bond donors (Lipinski definition) is 0. The van der Waals surface area contributed by atoms with Gasteiger partial charge in [0.15, 0.2) is 5.82 Å². The lowest BCUT2D eigenvalue weighted by Crippen LogP contribution is -2.45. The third-order valence-corrected chi connectivity index (χ3v) is 5.71. The quantitative estimate of drug-likeness (QED) is 0.790. The summed E-state index contributed by atoms with van der Waals surface area (Å²) in [5, 5.41) is 4.14. The number of carbonyl (C=O) groups excluding carboxylic acids is 2. The number of pyridine rings is 1. The molecule has 2 aliphatic rings. The first-order valence-electron chi connectivity index (χ1n) is 10.2. The minimum absolute atomic E-state index is 0.0322. The Morgan fingerprint density at radius 2 is 2.07 bits per heavy atom. The van der Waals surface area contributed by atoms with E-state index >= 15 is 0 Å². The van der Waals surface area contributed by atoms with E-state index in [1.807, 2.05) is 48.8 Å². The molecule has 154 valence electrons. The lowest BCUT2D eigenvalue weighted by molar-refractivity contribution is -0.137. The number of nitrogens with zero attached hydrogens (tertiary/aromatic N) is 5. The van der Waals surface area contributed by atoms with Crippen molar-refractivity contribution in [2.75, 3.05) is 19.6 Å². The van der Waals surface area contributed by atoms with E-state index in [0.29, 0.717) is 43.5 Å². The SMILES string of the molecule is CC(C)(C)N1CC(C(=O)N2CCCC(c3noc(-c4ccccn4)n3)C2)CC1=O. The standard InChI is InChI=1S/C21H27N5O3/c1-21(2,3)26-13-15(11-17(26)27)20(28)25-10-6-7-14(12-25)18-23-19(29-24-18)16-8-4-5-9-22-16/h4-5,8-9,14-15H,6-7,10-13H2,1-3H3. The van der Waals surface area contributed by atoms with Gasteiger partial charge in [0.2, 0.25) is 11.8 Å². The monoisotopic (exact) mass is 397 g/mol. The highest BCUT2D eigenvalue weighted by molar-refractivity contribution is 5.89. The van der Waals surface area contributed by atoms with Crippen LogP contribution in [0.4, 0.5) is 0 Å². The molecule has 0 aromatic carbocycles. The van der Waals surface area contributed by atoms with Crippen LogP contribution in [0.1, 0.15) is 51.8 Å². The molecule has 2 aromatic heterocycles. The minimum Gasteiger partial charge on any atom is -0.342 e. The van der Waals surface area contributed by atoms with Gasteiger partial charge < -0.3 is 14.3 Å². The van der Waals surface area contributed by atoms with Gasteiger partial charge in [0, 0.05) is 43.7 Å². The molecule has 8 nitrogen and oxygen atoms in total. The number of carbonyl (C=O) groups is 2. The van der Waals surface area contributed by atoms with Gasteiger partial charge >= 0.3 is 0 Å². The summed E-state index contributed by atoms with van der Waals surface area (Å²) in [7, 11) is 0. The average molecular weight is 397 g/mol. The number of amides is 2. The second-order valence-corrected chi connectivity index (χ2v) is 8.87. The van der Waals surface area contributed by atoms with Gasteiger partial charge in [-0.25, -0.2) is 0 Å². The molecule has 29 heavy (non-hydrogen) atoms. The van der Waals surface area contributed by atoms with E-state index < -0.39 is 0 Å². The molecule has 2 fully saturated rings. The van der Waals surface area contributed by atoms with E-state index in [4.69, 9.17) is 4.52 Å². The van der Waals surface area contributed by atoms with E-state index in [9.17, 15) is 9.59 Å². The lowest BCUT2D eigenvalue weighted by Gasteiger charge is -2.34. The molecule has 0 radical (unpaired) electrons. The van der Waals surface area contributed by atoms with Crippen molar-refractivity contribution in [2.45, 2.75) is 51.5 Å². The summed E-state index contributed by atoms with van der Waals surface area (Å²) in [5.74, 6) is 0.888. The van der Waals surface area contributed by atoms with Crippen LogP contribution in [0.5, 0.6) is 0 Å². The predicted octanol–water partition coefficient (Wildman–Crippen LogP) is 2.48. The predicted molar refractivity (Wildman–Crippen MR) is 106 cm³/mol.